The van der Waals surface area contributed by atoms with Crippen molar-refractivity contribution >= 4 is 5.91 Å². The first kappa shape index (κ1) is 10.9. The molecule has 1 amide bonds. The summed E-state index contributed by atoms with van der Waals surface area (Å²) < 4.78 is 5.18. The minimum Gasteiger partial charge on any atom is -0.379 e. The number of hydrogen-bond donors (Lipinski definition) is 2. The molecule has 2 atom stereocenters. The fourth-order valence-corrected chi connectivity index (χ4v) is 2.23. The molecule has 4 heteroatoms. The summed E-state index contributed by atoms with van der Waals surface area (Å²) in [6, 6.07) is -0.126. The van der Waals surface area contributed by atoms with Crippen molar-refractivity contribution in [3.05, 3.63) is 0 Å². The third-order valence-electron chi connectivity index (χ3n) is 3.71. The van der Waals surface area contributed by atoms with Gasteiger partial charge >= 0.3 is 0 Å². The number of rotatable bonds is 3. The van der Waals surface area contributed by atoms with E-state index in [1.165, 1.54) is 19.3 Å². The van der Waals surface area contributed by atoms with Crippen molar-refractivity contribution in [1.29, 1.82) is 0 Å². The lowest BCUT2D eigenvalue weighted by atomic mass is 9.70. The fourth-order valence-electron chi connectivity index (χ4n) is 2.23. The zero-order valence-corrected chi connectivity index (χ0v) is 9.29. The van der Waals surface area contributed by atoms with E-state index in [4.69, 9.17) is 10.5 Å². The largest absolute Gasteiger partial charge is 0.379 e. The molecule has 2 unspecified atom stereocenters. The van der Waals surface area contributed by atoms with Crippen molar-refractivity contribution in [1.82, 2.24) is 5.32 Å². The zero-order valence-electron chi connectivity index (χ0n) is 9.29. The third kappa shape index (κ3) is 2.32. The van der Waals surface area contributed by atoms with E-state index in [0.717, 1.165) is 6.54 Å². The molecule has 1 aliphatic heterocycles. The average molecular weight is 212 g/mol. The predicted molar refractivity (Wildman–Crippen MR) is 57.3 cm³/mol. The van der Waals surface area contributed by atoms with Crippen LogP contribution in [0, 0.1) is 11.3 Å². The Morgan fingerprint density at radius 2 is 2.27 bits per heavy atom. The summed E-state index contributed by atoms with van der Waals surface area (Å²) in [6.45, 7) is 4.00. The van der Waals surface area contributed by atoms with E-state index in [1.54, 1.807) is 0 Å². The van der Waals surface area contributed by atoms with E-state index in [1.807, 2.05) is 0 Å². The first-order valence-corrected chi connectivity index (χ1v) is 5.72. The summed E-state index contributed by atoms with van der Waals surface area (Å²) >= 11 is 0. The van der Waals surface area contributed by atoms with Gasteiger partial charge in [-0.2, -0.15) is 0 Å². The lowest BCUT2D eigenvalue weighted by Crippen LogP contribution is -2.46. The van der Waals surface area contributed by atoms with Crippen LogP contribution in [0.2, 0.25) is 0 Å². The summed E-state index contributed by atoms with van der Waals surface area (Å²) in [5, 5.41) is 3.00. The molecule has 0 bridgehead atoms. The molecule has 2 rings (SSSR count). The summed E-state index contributed by atoms with van der Waals surface area (Å²) in [4.78, 5) is 11.8. The van der Waals surface area contributed by atoms with Gasteiger partial charge in [0.05, 0.1) is 19.1 Å². The van der Waals surface area contributed by atoms with E-state index in [9.17, 15) is 4.79 Å². The van der Waals surface area contributed by atoms with Crippen molar-refractivity contribution in [3.63, 3.8) is 0 Å². The normalized spacial score (nSPS) is 33.5. The van der Waals surface area contributed by atoms with Crippen LogP contribution in [-0.2, 0) is 9.53 Å². The molecule has 0 aromatic heterocycles. The first-order chi connectivity index (χ1) is 7.11. The van der Waals surface area contributed by atoms with Crippen molar-refractivity contribution in [2.45, 2.75) is 32.2 Å². The molecular formula is C11H20N2O2. The van der Waals surface area contributed by atoms with Crippen molar-refractivity contribution < 1.29 is 9.53 Å². The van der Waals surface area contributed by atoms with Crippen LogP contribution in [-0.4, -0.2) is 31.7 Å². The Balaban J connectivity index is 1.76. The van der Waals surface area contributed by atoms with Gasteiger partial charge in [-0.25, -0.2) is 0 Å². The highest BCUT2D eigenvalue weighted by Crippen LogP contribution is 2.39. The predicted octanol–water partition coefficient (Wildman–Crippen LogP) is 0.267. The number of carbonyl (C=O) groups is 1. The number of amides is 1. The maximum absolute atomic E-state index is 11.8. The molecule has 2 aliphatic rings. The number of nitrogens with two attached hydrogens (primary N) is 1. The van der Waals surface area contributed by atoms with Gasteiger partial charge < -0.3 is 15.8 Å². The maximum Gasteiger partial charge on any atom is 0.227 e. The highest BCUT2D eigenvalue weighted by molar-refractivity contribution is 5.79. The van der Waals surface area contributed by atoms with Crippen molar-refractivity contribution in [3.8, 4) is 0 Å². The van der Waals surface area contributed by atoms with Crippen LogP contribution >= 0.6 is 0 Å². The smallest absolute Gasteiger partial charge is 0.227 e. The lowest BCUT2D eigenvalue weighted by molar-refractivity contribution is -0.126. The maximum atomic E-state index is 11.8. The Morgan fingerprint density at radius 3 is 2.73 bits per heavy atom. The van der Waals surface area contributed by atoms with Crippen LogP contribution in [0.5, 0.6) is 0 Å². The highest BCUT2D eigenvalue weighted by atomic mass is 16.5. The molecule has 0 aromatic rings. The van der Waals surface area contributed by atoms with Gasteiger partial charge in [-0.3, -0.25) is 4.79 Å². The van der Waals surface area contributed by atoms with Crippen molar-refractivity contribution in [2.75, 3.05) is 19.8 Å². The first-order valence-electron chi connectivity index (χ1n) is 5.72. The van der Waals surface area contributed by atoms with Gasteiger partial charge in [-0.05, 0) is 18.3 Å². The van der Waals surface area contributed by atoms with E-state index >= 15 is 0 Å². The topological polar surface area (TPSA) is 64.3 Å². The van der Waals surface area contributed by atoms with Gasteiger partial charge in [0, 0.05) is 12.6 Å². The molecule has 4 nitrogen and oxygen atoms in total. The second-order valence-corrected chi connectivity index (χ2v) is 5.19. The molecule has 1 saturated carbocycles. The zero-order chi connectivity index (χ0) is 10.9. The molecule has 0 aromatic carbocycles. The van der Waals surface area contributed by atoms with E-state index in [0.29, 0.717) is 18.6 Å². The average Bonchev–Trinajstić information content (AvgIpc) is 2.58. The standard InChI is InChI=1S/C11H20N2O2/c1-11(3-2-4-11)7-13-10(14)8-5-15-6-9(8)12/h8-9H,2-7,12H2,1H3,(H,13,14). The minimum atomic E-state index is -0.145. The van der Waals surface area contributed by atoms with Crippen LogP contribution in [0.3, 0.4) is 0 Å². The Kier molecular flexibility index (Phi) is 2.98. The molecule has 86 valence electrons. The molecule has 0 radical (unpaired) electrons. The van der Waals surface area contributed by atoms with E-state index in [-0.39, 0.29) is 17.9 Å². The molecule has 1 aliphatic carbocycles. The lowest BCUT2D eigenvalue weighted by Gasteiger charge is -2.38. The Morgan fingerprint density at radius 1 is 1.53 bits per heavy atom. The summed E-state index contributed by atoms with van der Waals surface area (Å²) in [5.74, 6) is -0.0817. The van der Waals surface area contributed by atoms with Crippen LogP contribution in [0.1, 0.15) is 26.2 Å². The molecule has 1 saturated heterocycles. The van der Waals surface area contributed by atoms with E-state index in [2.05, 4.69) is 12.2 Å². The third-order valence-corrected chi connectivity index (χ3v) is 3.71. The van der Waals surface area contributed by atoms with Crippen molar-refractivity contribution in [2.24, 2.45) is 17.1 Å². The Hall–Kier alpha value is -0.610. The highest BCUT2D eigenvalue weighted by Gasteiger charge is 2.35. The van der Waals surface area contributed by atoms with Gasteiger partial charge in [0.1, 0.15) is 0 Å². The molecule has 0 spiro atoms. The molecule has 1 heterocycles. The van der Waals surface area contributed by atoms with Gasteiger partial charge in [0.2, 0.25) is 5.91 Å². The molecule has 15 heavy (non-hydrogen) atoms. The summed E-state index contributed by atoms with van der Waals surface area (Å²) in [6.07, 6.45) is 3.74. The van der Waals surface area contributed by atoms with Gasteiger partial charge in [0.25, 0.3) is 0 Å². The number of carbonyl (C=O) groups excluding carboxylic acids is 1. The Labute approximate surface area is 90.5 Å². The number of hydrogen-bond acceptors (Lipinski definition) is 3. The molecule has 2 fully saturated rings. The van der Waals surface area contributed by atoms with Crippen LogP contribution in [0.4, 0.5) is 0 Å². The van der Waals surface area contributed by atoms with Crippen LogP contribution in [0.25, 0.3) is 0 Å². The van der Waals surface area contributed by atoms with E-state index < -0.39 is 0 Å². The van der Waals surface area contributed by atoms with Gasteiger partial charge in [0.15, 0.2) is 0 Å². The molecular weight excluding hydrogens is 192 g/mol. The fraction of sp³-hybridized carbons (Fsp3) is 0.909. The SMILES string of the molecule is CC1(CNC(=O)C2COCC2N)CCC1. The van der Waals surface area contributed by atoms with Gasteiger partial charge in [-0.15, -0.1) is 0 Å². The second kappa shape index (κ2) is 4.10. The monoisotopic (exact) mass is 212 g/mol. The summed E-state index contributed by atoms with van der Waals surface area (Å²) in [5.41, 5.74) is 6.11. The second-order valence-electron chi connectivity index (χ2n) is 5.19. The minimum absolute atomic E-state index is 0.0631. The quantitative estimate of drug-likeness (QED) is 0.705. The summed E-state index contributed by atoms with van der Waals surface area (Å²) in [7, 11) is 0. The van der Waals surface area contributed by atoms with Crippen LogP contribution < -0.4 is 11.1 Å². The number of ether oxygens (including phenoxy) is 1. The van der Waals surface area contributed by atoms with Crippen LogP contribution in [0.15, 0.2) is 0 Å². The Bertz CT molecular complexity index is 251. The molecule has 3 N–H and O–H groups in total. The van der Waals surface area contributed by atoms with Gasteiger partial charge in [-0.1, -0.05) is 13.3 Å². The number of nitrogens with one attached hydrogen (secondary N) is 1.